The third kappa shape index (κ3) is 5.93. The van der Waals surface area contributed by atoms with E-state index in [1.54, 1.807) is 18.3 Å². The number of hydrogen-bond donors (Lipinski definition) is 1. The average molecular weight is 393 g/mol. The molecule has 2 aromatic rings. The van der Waals surface area contributed by atoms with E-state index in [1.807, 2.05) is 31.2 Å². The second-order valence-electron chi connectivity index (χ2n) is 6.96. The third-order valence-corrected chi connectivity index (χ3v) is 4.86. The molecule has 1 fully saturated rings. The average Bonchev–Trinajstić information content (AvgIpc) is 2.98. The topological polar surface area (TPSA) is 81.5 Å². The first kappa shape index (κ1) is 20.6. The van der Waals surface area contributed by atoms with Crippen LogP contribution < -0.4 is 15.0 Å². The summed E-state index contributed by atoms with van der Waals surface area (Å²) in [6.45, 7) is 6.60. The molecular formula is C22H27N5O2. The summed E-state index contributed by atoms with van der Waals surface area (Å²) in [6.07, 6.45) is 2.64. The fraction of sp³-hybridized carbons (Fsp3) is 0.409. The van der Waals surface area contributed by atoms with E-state index in [-0.39, 0.29) is 5.91 Å². The molecule has 1 aromatic heterocycles. The maximum Gasteiger partial charge on any atom is 0.234 e. The molecule has 1 amide bonds. The fourth-order valence-electron chi connectivity index (χ4n) is 3.45. The third-order valence-electron chi connectivity index (χ3n) is 4.86. The smallest absolute Gasteiger partial charge is 0.234 e. The normalized spacial score (nSPS) is 14.7. The Kier molecular flexibility index (Phi) is 7.42. The van der Waals surface area contributed by atoms with Gasteiger partial charge < -0.3 is 15.0 Å². The van der Waals surface area contributed by atoms with Crippen LogP contribution in [-0.2, 0) is 11.3 Å². The Morgan fingerprint density at radius 2 is 2.14 bits per heavy atom. The molecule has 7 heteroatoms. The second-order valence-corrected chi connectivity index (χ2v) is 6.96. The zero-order valence-electron chi connectivity index (χ0n) is 16.8. The number of nitrogens with zero attached hydrogens (tertiary/aromatic N) is 4. The first-order valence-electron chi connectivity index (χ1n) is 10.0. The number of anilines is 1. The van der Waals surface area contributed by atoms with Gasteiger partial charge in [0, 0.05) is 38.9 Å². The van der Waals surface area contributed by atoms with Gasteiger partial charge in [0.2, 0.25) is 5.91 Å². The van der Waals surface area contributed by atoms with Crippen molar-refractivity contribution in [3.63, 3.8) is 0 Å². The van der Waals surface area contributed by atoms with E-state index in [2.05, 4.69) is 26.2 Å². The van der Waals surface area contributed by atoms with E-state index in [0.717, 1.165) is 49.7 Å². The number of hydrogen-bond acceptors (Lipinski definition) is 6. The number of rotatable bonds is 7. The van der Waals surface area contributed by atoms with E-state index >= 15 is 0 Å². The monoisotopic (exact) mass is 393 g/mol. The predicted molar refractivity (Wildman–Crippen MR) is 112 cm³/mol. The van der Waals surface area contributed by atoms with Crippen LogP contribution in [-0.4, -0.2) is 55.1 Å². The number of carbonyl (C=O) groups is 1. The molecule has 3 rings (SSSR count). The van der Waals surface area contributed by atoms with Gasteiger partial charge in [-0.15, -0.1) is 0 Å². The van der Waals surface area contributed by atoms with Crippen LogP contribution in [0, 0.1) is 11.3 Å². The number of carbonyl (C=O) groups excluding carboxylic acids is 1. The molecule has 0 radical (unpaired) electrons. The van der Waals surface area contributed by atoms with Crippen molar-refractivity contribution >= 4 is 11.7 Å². The molecular weight excluding hydrogens is 366 g/mol. The van der Waals surface area contributed by atoms with Crippen LogP contribution in [0.2, 0.25) is 0 Å². The number of benzene rings is 1. The molecule has 1 aromatic carbocycles. The van der Waals surface area contributed by atoms with Crippen molar-refractivity contribution in [2.45, 2.75) is 19.9 Å². The van der Waals surface area contributed by atoms with Gasteiger partial charge in [-0.05, 0) is 43.2 Å². The molecule has 29 heavy (non-hydrogen) atoms. The van der Waals surface area contributed by atoms with Crippen molar-refractivity contribution in [2.24, 2.45) is 0 Å². The van der Waals surface area contributed by atoms with E-state index < -0.39 is 0 Å². The molecule has 2 heterocycles. The molecule has 1 N–H and O–H groups in total. The molecule has 0 aliphatic carbocycles. The Morgan fingerprint density at radius 3 is 2.97 bits per heavy atom. The maximum atomic E-state index is 12.4. The summed E-state index contributed by atoms with van der Waals surface area (Å²) in [5.41, 5.74) is 1.61. The highest BCUT2D eigenvalue weighted by molar-refractivity contribution is 5.78. The number of nitriles is 1. The lowest BCUT2D eigenvalue weighted by Gasteiger charge is -2.23. The first-order valence-corrected chi connectivity index (χ1v) is 10.0. The van der Waals surface area contributed by atoms with Gasteiger partial charge in [-0.3, -0.25) is 9.69 Å². The zero-order valence-corrected chi connectivity index (χ0v) is 16.8. The Morgan fingerprint density at radius 1 is 1.24 bits per heavy atom. The molecule has 0 spiro atoms. The highest BCUT2D eigenvalue weighted by Crippen LogP contribution is 2.18. The van der Waals surface area contributed by atoms with E-state index in [9.17, 15) is 10.1 Å². The van der Waals surface area contributed by atoms with Crippen LogP contribution in [0.4, 0.5) is 5.82 Å². The molecule has 0 unspecified atom stereocenters. The molecule has 0 saturated carbocycles. The van der Waals surface area contributed by atoms with Crippen LogP contribution in [0.3, 0.4) is 0 Å². The van der Waals surface area contributed by atoms with Crippen LogP contribution in [0.15, 0.2) is 42.6 Å². The maximum absolute atomic E-state index is 12.4. The van der Waals surface area contributed by atoms with Gasteiger partial charge >= 0.3 is 0 Å². The molecule has 1 saturated heterocycles. The molecule has 1 aliphatic rings. The minimum Gasteiger partial charge on any atom is -0.494 e. The minimum absolute atomic E-state index is 0.0100. The SMILES string of the molecule is CCOc1cccc(CNC(=O)CN2CCCN(c3ncccc3C#N)CC2)c1. The molecule has 7 nitrogen and oxygen atoms in total. The van der Waals surface area contributed by atoms with Crippen LogP contribution in [0.25, 0.3) is 0 Å². The summed E-state index contributed by atoms with van der Waals surface area (Å²) in [6, 6.07) is 13.6. The van der Waals surface area contributed by atoms with E-state index in [1.165, 1.54) is 0 Å². The van der Waals surface area contributed by atoms with E-state index in [4.69, 9.17) is 4.74 Å². The van der Waals surface area contributed by atoms with Gasteiger partial charge in [-0.25, -0.2) is 4.98 Å². The van der Waals surface area contributed by atoms with Crippen LogP contribution >= 0.6 is 0 Å². The lowest BCUT2D eigenvalue weighted by Crippen LogP contribution is -2.39. The van der Waals surface area contributed by atoms with Crippen molar-refractivity contribution < 1.29 is 9.53 Å². The first-order chi connectivity index (χ1) is 14.2. The van der Waals surface area contributed by atoms with Crippen molar-refractivity contribution in [3.8, 4) is 11.8 Å². The summed E-state index contributed by atoms with van der Waals surface area (Å²) < 4.78 is 5.50. The summed E-state index contributed by atoms with van der Waals surface area (Å²) in [7, 11) is 0. The van der Waals surface area contributed by atoms with Crippen molar-refractivity contribution in [3.05, 3.63) is 53.7 Å². The summed E-state index contributed by atoms with van der Waals surface area (Å²) in [5, 5.41) is 12.3. The van der Waals surface area contributed by atoms with Crippen molar-refractivity contribution in [1.29, 1.82) is 5.26 Å². The lowest BCUT2D eigenvalue weighted by atomic mass is 10.2. The lowest BCUT2D eigenvalue weighted by molar-refractivity contribution is -0.122. The highest BCUT2D eigenvalue weighted by Gasteiger charge is 2.19. The van der Waals surface area contributed by atoms with E-state index in [0.29, 0.717) is 25.3 Å². The van der Waals surface area contributed by atoms with Crippen LogP contribution in [0.5, 0.6) is 5.75 Å². The minimum atomic E-state index is 0.0100. The van der Waals surface area contributed by atoms with Gasteiger partial charge in [0.25, 0.3) is 0 Å². The summed E-state index contributed by atoms with van der Waals surface area (Å²) >= 11 is 0. The molecule has 0 atom stereocenters. The predicted octanol–water partition coefficient (Wildman–Crippen LogP) is 2.18. The number of ether oxygens (including phenoxy) is 1. The number of amides is 1. The number of nitrogens with one attached hydrogen (secondary N) is 1. The molecule has 0 bridgehead atoms. The highest BCUT2D eigenvalue weighted by atomic mass is 16.5. The summed E-state index contributed by atoms with van der Waals surface area (Å²) in [5.74, 6) is 1.56. The van der Waals surface area contributed by atoms with Gasteiger partial charge in [0.15, 0.2) is 0 Å². The molecule has 152 valence electrons. The fourth-order valence-corrected chi connectivity index (χ4v) is 3.45. The quantitative estimate of drug-likeness (QED) is 0.777. The van der Waals surface area contributed by atoms with Crippen molar-refractivity contribution in [2.75, 3.05) is 44.2 Å². The van der Waals surface area contributed by atoms with Gasteiger partial charge in [-0.1, -0.05) is 12.1 Å². The Labute approximate surface area is 171 Å². The standard InChI is InChI=1S/C22H27N5O2/c1-2-29-20-8-3-6-18(14-20)16-25-21(28)17-26-10-5-11-27(13-12-26)22-19(15-23)7-4-9-24-22/h3-4,6-9,14H,2,5,10-13,16-17H2,1H3,(H,25,28). The van der Waals surface area contributed by atoms with Crippen LogP contribution in [0.1, 0.15) is 24.5 Å². The second kappa shape index (κ2) is 10.4. The number of pyridine rings is 1. The van der Waals surface area contributed by atoms with Gasteiger partial charge in [-0.2, -0.15) is 5.26 Å². The largest absolute Gasteiger partial charge is 0.494 e. The Balaban J connectivity index is 1.49. The van der Waals surface area contributed by atoms with Gasteiger partial charge in [0.05, 0.1) is 18.7 Å². The summed E-state index contributed by atoms with van der Waals surface area (Å²) in [4.78, 5) is 21.1. The number of aromatic nitrogens is 1. The zero-order chi connectivity index (χ0) is 20.5. The van der Waals surface area contributed by atoms with Crippen molar-refractivity contribution in [1.82, 2.24) is 15.2 Å². The molecule has 1 aliphatic heterocycles. The Bertz CT molecular complexity index is 864. The Hall–Kier alpha value is -3.11. The van der Waals surface area contributed by atoms with Gasteiger partial charge in [0.1, 0.15) is 17.6 Å².